The summed E-state index contributed by atoms with van der Waals surface area (Å²) in [5.74, 6) is 0.509. The fourth-order valence-corrected chi connectivity index (χ4v) is 3.64. The summed E-state index contributed by atoms with van der Waals surface area (Å²) in [7, 11) is 0. The van der Waals surface area contributed by atoms with Crippen molar-refractivity contribution in [2.45, 2.75) is 13.8 Å². The second-order valence-corrected chi connectivity index (χ2v) is 7.91. The zero-order chi connectivity index (χ0) is 18.7. The first kappa shape index (κ1) is 18.7. The Hall–Kier alpha value is -2.05. The van der Waals surface area contributed by atoms with Gasteiger partial charge in [-0.05, 0) is 66.6 Å². The van der Waals surface area contributed by atoms with E-state index >= 15 is 0 Å². The zero-order valence-electron chi connectivity index (χ0n) is 14.5. The molecule has 3 rings (SSSR count). The van der Waals surface area contributed by atoms with Crippen molar-refractivity contribution in [3.8, 4) is 5.75 Å². The first-order valence-electron chi connectivity index (χ1n) is 8.15. The van der Waals surface area contributed by atoms with Crippen LogP contribution in [0.15, 0.2) is 51.8 Å². The number of halogens is 1. The summed E-state index contributed by atoms with van der Waals surface area (Å²) in [6, 6.07) is 13.5. The van der Waals surface area contributed by atoms with E-state index in [0.29, 0.717) is 4.91 Å². The first-order chi connectivity index (χ1) is 12.4. The van der Waals surface area contributed by atoms with Crippen LogP contribution < -0.4 is 4.74 Å². The lowest BCUT2D eigenvalue weighted by molar-refractivity contribution is -0.123. The van der Waals surface area contributed by atoms with Crippen molar-refractivity contribution in [3.05, 3.63) is 68.5 Å². The van der Waals surface area contributed by atoms with E-state index in [1.807, 2.05) is 56.3 Å². The average Bonchev–Trinajstić information content (AvgIpc) is 2.87. The molecule has 1 aliphatic rings. The number of ether oxygens (including phenoxy) is 1. The summed E-state index contributed by atoms with van der Waals surface area (Å²) in [4.78, 5) is 26.3. The van der Waals surface area contributed by atoms with Crippen molar-refractivity contribution >= 4 is 44.9 Å². The van der Waals surface area contributed by atoms with Crippen LogP contribution in [0.2, 0.25) is 0 Å². The Labute approximate surface area is 165 Å². The van der Waals surface area contributed by atoms with Gasteiger partial charge >= 0.3 is 0 Å². The lowest BCUT2D eigenvalue weighted by Gasteiger charge is -2.14. The van der Waals surface area contributed by atoms with Crippen LogP contribution in [0.25, 0.3) is 6.08 Å². The van der Waals surface area contributed by atoms with Gasteiger partial charge in [-0.2, -0.15) is 0 Å². The van der Waals surface area contributed by atoms with E-state index in [2.05, 4.69) is 15.9 Å². The molecule has 1 saturated heterocycles. The maximum Gasteiger partial charge on any atom is 0.293 e. The Kier molecular flexibility index (Phi) is 5.84. The van der Waals surface area contributed by atoms with Gasteiger partial charge in [0.2, 0.25) is 0 Å². The van der Waals surface area contributed by atoms with Crippen molar-refractivity contribution in [2.75, 3.05) is 13.2 Å². The maximum atomic E-state index is 12.5. The largest absolute Gasteiger partial charge is 0.491 e. The molecular weight excluding hydrogens is 414 g/mol. The Morgan fingerprint density at radius 2 is 1.85 bits per heavy atom. The molecule has 2 aromatic rings. The summed E-state index contributed by atoms with van der Waals surface area (Å²) in [5, 5.41) is -0.261. The van der Waals surface area contributed by atoms with Crippen LogP contribution in [-0.2, 0) is 4.79 Å². The van der Waals surface area contributed by atoms with E-state index in [4.69, 9.17) is 4.74 Å². The topological polar surface area (TPSA) is 46.6 Å². The summed E-state index contributed by atoms with van der Waals surface area (Å²) in [6.45, 7) is 4.47. The maximum absolute atomic E-state index is 12.5. The Morgan fingerprint density at radius 1 is 1.12 bits per heavy atom. The van der Waals surface area contributed by atoms with Gasteiger partial charge in [0.1, 0.15) is 12.4 Å². The molecule has 0 radical (unpaired) electrons. The van der Waals surface area contributed by atoms with Gasteiger partial charge in [0, 0.05) is 4.47 Å². The van der Waals surface area contributed by atoms with Crippen molar-refractivity contribution in [1.29, 1.82) is 0 Å². The third-order valence-electron chi connectivity index (χ3n) is 3.96. The standard InChI is InChI=1S/C20H18BrNO3S/c1-13-3-4-14(2)17(11-13)25-10-9-22-19(23)18(26-20(22)24)12-15-5-7-16(21)8-6-15/h3-8,11-12H,9-10H2,1-2H3/b18-12-. The van der Waals surface area contributed by atoms with Gasteiger partial charge in [-0.3, -0.25) is 14.5 Å². The number of hydrogen-bond acceptors (Lipinski definition) is 4. The number of amides is 2. The van der Waals surface area contributed by atoms with E-state index in [0.717, 1.165) is 38.7 Å². The SMILES string of the molecule is Cc1ccc(C)c(OCCN2C(=O)S/C(=C\c3ccc(Br)cc3)C2=O)c1. The van der Waals surface area contributed by atoms with Crippen LogP contribution in [0.5, 0.6) is 5.75 Å². The predicted molar refractivity (Wildman–Crippen MR) is 108 cm³/mol. The lowest BCUT2D eigenvalue weighted by Crippen LogP contribution is -2.32. The molecule has 1 fully saturated rings. The summed E-state index contributed by atoms with van der Waals surface area (Å²) < 4.78 is 6.73. The molecule has 0 aromatic heterocycles. The Balaban J connectivity index is 1.64. The van der Waals surface area contributed by atoms with E-state index in [-0.39, 0.29) is 24.3 Å². The second-order valence-electron chi connectivity index (χ2n) is 6.00. The van der Waals surface area contributed by atoms with Gasteiger partial charge in [-0.25, -0.2) is 0 Å². The van der Waals surface area contributed by atoms with Crippen molar-refractivity contribution < 1.29 is 14.3 Å². The number of nitrogens with zero attached hydrogens (tertiary/aromatic N) is 1. The molecule has 0 aliphatic carbocycles. The number of imide groups is 1. The van der Waals surface area contributed by atoms with Crippen LogP contribution in [0.3, 0.4) is 0 Å². The van der Waals surface area contributed by atoms with Crippen LogP contribution >= 0.6 is 27.7 Å². The number of hydrogen-bond donors (Lipinski definition) is 0. The molecule has 0 bridgehead atoms. The molecule has 26 heavy (non-hydrogen) atoms. The highest BCUT2D eigenvalue weighted by Crippen LogP contribution is 2.32. The average molecular weight is 432 g/mol. The molecule has 0 spiro atoms. The highest BCUT2D eigenvalue weighted by molar-refractivity contribution is 9.10. The third kappa shape index (κ3) is 4.37. The molecule has 1 heterocycles. The molecule has 134 valence electrons. The van der Waals surface area contributed by atoms with Crippen LogP contribution in [-0.4, -0.2) is 29.2 Å². The number of rotatable bonds is 5. The molecule has 4 nitrogen and oxygen atoms in total. The van der Waals surface area contributed by atoms with E-state index in [1.54, 1.807) is 6.08 Å². The normalized spacial score (nSPS) is 15.8. The minimum atomic E-state index is -0.271. The zero-order valence-corrected chi connectivity index (χ0v) is 16.9. The molecule has 0 saturated carbocycles. The fourth-order valence-electron chi connectivity index (χ4n) is 2.51. The van der Waals surface area contributed by atoms with Gasteiger partial charge < -0.3 is 4.74 Å². The van der Waals surface area contributed by atoms with Crippen LogP contribution in [0, 0.1) is 13.8 Å². The quantitative estimate of drug-likeness (QED) is 0.611. The van der Waals surface area contributed by atoms with Crippen molar-refractivity contribution in [1.82, 2.24) is 4.90 Å². The smallest absolute Gasteiger partial charge is 0.293 e. The highest BCUT2D eigenvalue weighted by Gasteiger charge is 2.34. The molecular formula is C20H18BrNO3S. The summed E-state index contributed by atoms with van der Waals surface area (Å²) in [6.07, 6.45) is 1.74. The number of benzene rings is 2. The minimum Gasteiger partial charge on any atom is -0.491 e. The third-order valence-corrected chi connectivity index (χ3v) is 5.39. The van der Waals surface area contributed by atoms with Crippen LogP contribution in [0.1, 0.15) is 16.7 Å². The molecule has 2 aromatic carbocycles. The molecule has 0 unspecified atom stereocenters. The van der Waals surface area contributed by atoms with Gasteiger partial charge in [-0.15, -0.1) is 0 Å². The molecule has 2 amide bonds. The summed E-state index contributed by atoms with van der Waals surface area (Å²) in [5.41, 5.74) is 3.01. The highest BCUT2D eigenvalue weighted by atomic mass is 79.9. The Bertz CT molecular complexity index is 877. The van der Waals surface area contributed by atoms with Crippen molar-refractivity contribution in [3.63, 3.8) is 0 Å². The monoisotopic (exact) mass is 431 g/mol. The molecule has 0 atom stereocenters. The number of carbonyl (C=O) groups excluding carboxylic acids is 2. The van der Waals surface area contributed by atoms with Crippen LogP contribution in [0.4, 0.5) is 4.79 Å². The number of thioether (sulfide) groups is 1. The first-order valence-corrected chi connectivity index (χ1v) is 9.76. The lowest BCUT2D eigenvalue weighted by atomic mass is 10.1. The van der Waals surface area contributed by atoms with E-state index in [1.165, 1.54) is 4.90 Å². The van der Waals surface area contributed by atoms with Gasteiger partial charge in [-0.1, -0.05) is 40.2 Å². The second kappa shape index (κ2) is 8.10. The molecule has 0 N–H and O–H groups in total. The Morgan fingerprint density at radius 3 is 2.58 bits per heavy atom. The van der Waals surface area contributed by atoms with Gasteiger partial charge in [0.05, 0.1) is 11.4 Å². The number of carbonyl (C=O) groups is 2. The summed E-state index contributed by atoms with van der Waals surface area (Å²) >= 11 is 4.34. The minimum absolute atomic E-state index is 0.232. The van der Waals surface area contributed by atoms with E-state index < -0.39 is 0 Å². The van der Waals surface area contributed by atoms with E-state index in [9.17, 15) is 9.59 Å². The van der Waals surface area contributed by atoms with Gasteiger partial charge in [0.15, 0.2) is 0 Å². The molecule has 6 heteroatoms. The predicted octanol–water partition coefficient (Wildman–Crippen LogP) is 5.18. The fraction of sp³-hybridized carbons (Fsp3) is 0.200. The number of aryl methyl sites for hydroxylation is 2. The van der Waals surface area contributed by atoms with Crippen molar-refractivity contribution in [2.24, 2.45) is 0 Å². The van der Waals surface area contributed by atoms with Gasteiger partial charge in [0.25, 0.3) is 11.1 Å². The molecule has 1 aliphatic heterocycles.